The lowest BCUT2D eigenvalue weighted by Gasteiger charge is -2.28. The van der Waals surface area contributed by atoms with Gasteiger partial charge >= 0.3 is 5.97 Å². The molecule has 0 aliphatic heterocycles. The first kappa shape index (κ1) is 15.3. The second kappa shape index (κ2) is 6.14. The largest absolute Gasteiger partial charge is 0.480 e. The number of rotatable bonds is 5. The van der Waals surface area contributed by atoms with Gasteiger partial charge in [0, 0.05) is 16.2 Å². The zero-order valence-electron chi connectivity index (χ0n) is 11.7. The molecular formula is C15H20FNO2S. The van der Waals surface area contributed by atoms with E-state index in [9.17, 15) is 14.3 Å². The van der Waals surface area contributed by atoms with Crippen molar-refractivity contribution in [3.8, 4) is 0 Å². The summed E-state index contributed by atoms with van der Waals surface area (Å²) < 4.78 is 13.7. The minimum atomic E-state index is -0.864. The predicted molar refractivity (Wildman–Crippen MR) is 78.5 cm³/mol. The number of nitrogens with one attached hydrogen (secondary N) is 1. The van der Waals surface area contributed by atoms with Crippen LogP contribution in [0.3, 0.4) is 0 Å². The third kappa shape index (κ3) is 3.33. The molecule has 2 rings (SSSR count). The Balaban J connectivity index is 2.07. The summed E-state index contributed by atoms with van der Waals surface area (Å²) >= 11 is 1.45. The third-order valence-corrected chi connectivity index (χ3v) is 4.89. The Bertz CT molecular complexity index is 495. The molecule has 0 saturated heterocycles. The van der Waals surface area contributed by atoms with Gasteiger partial charge < -0.3 is 5.11 Å². The molecule has 110 valence electrons. The summed E-state index contributed by atoms with van der Waals surface area (Å²) in [6, 6.07) is 6.76. The van der Waals surface area contributed by atoms with Crippen molar-refractivity contribution < 1.29 is 14.3 Å². The minimum absolute atomic E-state index is 0.114. The fraction of sp³-hybridized carbons (Fsp3) is 0.533. The Morgan fingerprint density at radius 3 is 2.80 bits per heavy atom. The summed E-state index contributed by atoms with van der Waals surface area (Å²) in [5.74, 6) is -1.04. The zero-order chi connectivity index (χ0) is 14.8. The number of thioether (sulfide) groups is 1. The molecule has 0 spiro atoms. The van der Waals surface area contributed by atoms with Crippen molar-refractivity contribution in [2.75, 3.05) is 0 Å². The number of carboxylic acids is 1. The summed E-state index contributed by atoms with van der Waals surface area (Å²) in [5, 5.41) is 12.8. The summed E-state index contributed by atoms with van der Waals surface area (Å²) in [7, 11) is 0. The zero-order valence-corrected chi connectivity index (χ0v) is 12.5. The average Bonchev–Trinajstić information content (AvgIpc) is 2.76. The van der Waals surface area contributed by atoms with E-state index in [-0.39, 0.29) is 17.1 Å². The number of benzene rings is 1. The maximum absolute atomic E-state index is 13.7. The molecule has 0 bridgehead atoms. The Morgan fingerprint density at radius 1 is 1.50 bits per heavy atom. The molecule has 2 N–H and O–H groups in total. The summed E-state index contributed by atoms with van der Waals surface area (Å²) in [5.41, 5.74) is -0.864. The second-order valence-electron chi connectivity index (χ2n) is 5.60. The highest BCUT2D eigenvalue weighted by Gasteiger charge is 2.46. The second-order valence-corrected chi connectivity index (χ2v) is 6.94. The maximum atomic E-state index is 13.7. The van der Waals surface area contributed by atoms with Crippen molar-refractivity contribution in [1.82, 2.24) is 5.32 Å². The van der Waals surface area contributed by atoms with Crippen LogP contribution in [0.15, 0.2) is 29.2 Å². The van der Waals surface area contributed by atoms with E-state index in [1.807, 2.05) is 13.8 Å². The molecule has 0 radical (unpaired) electrons. The molecule has 2 unspecified atom stereocenters. The van der Waals surface area contributed by atoms with Crippen molar-refractivity contribution in [3.05, 3.63) is 30.1 Å². The maximum Gasteiger partial charge on any atom is 0.323 e. The van der Waals surface area contributed by atoms with Crippen molar-refractivity contribution >= 4 is 17.7 Å². The fourth-order valence-electron chi connectivity index (χ4n) is 2.76. The first-order valence-electron chi connectivity index (χ1n) is 6.85. The summed E-state index contributed by atoms with van der Waals surface area (Å²) in [6.45, 7) is 3.89. The molecule has 20 heavy (non-hydrogen) atoms. The smallest absolute Gasteiger partial charge is 0.323 e. The SMILES string of the molecule is CC(C)NC1(C(=O)O)CCC(Sc2ccccc2F)C1. The molecule has 0 heterocycles. The Labute approximate surface area is 123 Å². The Morgan fingerprint density at radius 2 is 2.20 bits per heavy atom. The molecule has 5 heteroatoms. The van der Waals surface area contributed by atoms with Crippen LogP contribution in [-0.4, -0.2) is 27.9 Å². The first-order valence-corrected chi connectivity index (χ1v) is 7.73. The lowest BCUT2D eigenvalue weighted by Crippen LogP contribution is -2.53. The standard InChI is InChI=1S/C15H20FNO2S/c1-10(2)17-15(14(18)19)8-7-11(9-15)20-13-6-4-3-5-12(13)16/h3-6,10-11,17H,7-9H2,1-2H3,(H,18,19). The van der Waals surface area contributed by atoms with Crippen LogP contribution in [0.25, 0.3) is 0 Å². The average molecular weight is 297 g/mol. The van der Waals surface area contributed by atoms with Crippen LogP contribution in [0.5, 0.6) is 0 Å². The highest BCUT2D eigenvalue weighted by molar-refractivity contribution is 8.00. The van der Waals surface area contributed by atoms with Crippen molar-refractivity contribution in [2.45, 2.75) is 54.8 Å². The van der Waals surface area contributed by atoms with Crippen LogP contribution in [0.1, 0.15) is 33.1 Å². The fourth-order valence-corrected chi connectivity index (χ4v) is 4.06. The van der Waals surface area contributed by atoms with Gasteiger partial charge in [-0.25, -0.2) is 4.39 Å². The van der Waals surface area contributed by atoms with Crippen LogP contribution < -0.4 is 5.32 Å². The van der Waals surface area contributed by atoms with Gasteiger partial charge in [-0.2, -0.15) is 0 Å². The van der Waals surface area contributed by atoms with Crippen LogP contribution in [0, 0.1) is 5.82 Å². The molecule has 1 aromatic carbocycles. The molecular weight excluding hydrogens is 277 g/mol. The van der Waals surface area contributed by atoms with Crippen molar-refractivity contribution in [2.24, 2.45) is 0 Å². The lowest BCUT2D eigenvalue weighted by molar-refractivity contribution is -0.145. The van der Waals surface area contributed by atoms with Gasteiger partial charge in [0.2, 0.25) is 0 Å². The van der Waals surface area contributed by atoms with Gasteiger partial charge in [0.25, 0.3) is 0 Å². The number of aliphatic carboxylic acids is 1. The van der Waals surface area contributed by atoms with E-state index < -0.39 is 11.5 Å². The number of carbonyl (C=O) groups is 1. The number of carboxylic acid groups (broad SMARTS) is 1. The summed E-state index contributed by atoms with van der Waals surface area (Å²) in [4.78, 5) is 12.2. The van der Waals surface area contributed by atoms with Gasteiger partial charge in [-0.05, 0) is 45.2 Å². The van der Waals surface area contributed by atoms with Crippen LogP contribution in [0.2, 0.25) is 0 Å². The van der Waals surface area contributed by atoms with Gasteiger partial charge in [-0.15, -0.1) is 11.8 Å². The molecule has 1 aliphatic carbocycles. The van der Waals surface area contributed by atoms with E-state index in [0.717, 1.165) is 6.42 Å². The molecule has 3 nitrogen and oxygen atoms in total. The topological polar surface area (TPSA) is 49.3 Å². The van der Waals surface area contributed by atoms with Gasteiger partial charge in [0.05, 0.1) is 0 Å². The molecule has 1 aromatic rings. The van der Waals surface area contributed by atoms with E-state index in [4.69, 9.17) is 0 Å². The Kier molecular flexibility index (Phi) is 4.70. The van der Waals surface area contributed by atoms with Gasteiger partial charge in [-0.1, -0.05) is 12.1 Å². The quantitative estimate of drug-likeness (QED) is 0.875. The van der Waals surface area contributed by atoms with E-state index in [2.05, 4.69) is 5.32 Å². The predicted octanol–water partition coefficient (Wildman–Crippen LogP) is 3.29. The molecule has 0 aromatic heterocycles. The summed E-state index contributed by atoms with van der Waals surface area (Å²) in [6.07, 6.45) is 1.90. The minimum Gasteiger partial charge on any atom is -0.480 e. The number of halogens is 1. The van der Waals surface area contributed by atoms with Gasteiger partial charge in [-0.3, -0.25) is 10.1 Å². The monoisotopic (exact) mass is 297 g/mol. The van der Waals surface area contributed by atoms with Crippen LogP contribution in [-0.2, 0) is 4.79 Å². The molecule has 0 amide bonds. The first-order chi connectivity index (χ1) is 9.43. The van der Waals surface area contributed by atoms with Crippen molar-refractivity contribution in [3.63, 3.8) is 0 Å². The van der Waals surface area contributed by atoms with Crippen LogP contribution in [0.4, 0.5) is 4.39 Å². The lowest BCUT2D eigenvalue weighted by atomic mass is 9.97. The molecule has 1 fully saturated rings. The number of hydrogen-bond donors (Lipinski definition) is 2. The van der Waals surface area contributed by atoms with E-state index in [1.165, 1.54) is 17.8 Å². The van der Waals surface area contributed by atoms with Gasteiger partial charge in [0.1, 0.15) is 11.4 Å². The molecule has 1 saturated carbocycles. The van der Waals surface area contributed by atoms with E-state index in [0.29, 0.717) is 17.7 Å². The highest BCUT2D eigenvalue weighted by Crippen LogP contribution is 2.41. The van der Waals surface area contributed by atoms with E-state index >= 15 is 0 Å². The third-order valence-electron chi connectivity index (χ3n) is 3.57. The van der Waals surface area contributed by atoms with E-state index in [1.54, 1.807) is 18.2 Å². The highest BCUT2D eigenvalue weighted by atomic mass is 32.2. The Hall–Kier alpha value is -1.07. The van der Waals surface area contributed by atoms with Gasteiger partial charge in [0.15, 0.2) is 0 Å². The molecule has 2 atom stereocenters. The number of hydrogen-bond acceptors (Lipinski definition) is 3. The molecule has 1 aliphatic rings. The normalized spacial score (nSPS) is 26.1. The van der Waals surface area contributed by atoms with Crippen molar-refractivity contribution in [1.29, 1.82) is 0 Å². The van der Waals surface area contributed by atoms with Crippen LogP contribution >= 0.6 is 11.8 Å².